The summed E-state index contributed by atoms with van der Waals surface area (Å²) in [4.78, 5) is 42.2. The molecule has 0 unspecified atom stereocenters. The van der Waals surface area contributed by atoms with Gasteiger partial charge in [0.1, 0.15) is 28.9 Å². The summed E-state index contributed by atoms with van der Waals surface area (Å²) >= 11 is 0. The number of aryl methyl sites for hydroxylation is 2. The molecule has 1 aromatic carbocycles. The number of rotatable bonds is 5. The summed E-state index contributed by atoms with van der Waals surface area (Å²) in [5, 5.41) is -0.000315. The number of ether oxygens (including phenoxy) is 1. The van der Waals surface area contributed by atoms with Crippen LogP contribution in [0.2, 0.25) is 0 Å². The lowest BCUT2D eigenvalue weighted by molar-refractivity contribution is -0.133. The Kier molecular flexibility index (Phi) is 5.25. The van der Waals surface area contributed by atoms with E-state index in [1.807, 2.05) is 0 Å². The molecule has 0 atom stereocenters. The average Bonchev–Trinajstić information content (AvgIpc) is 3.01. The molecule has 0 bridgehead atoms. The third kappa shape index (κ3) is 3.64. The highest BCUT2D eigenvalue weighted by atomic mass is 19.1. The van der Waals surface area contributed by atoms with Gasteiger partial charge in [0.25, 0.3) is 11.5 Å². The van der Waals surface area contributed by atoms with Crippen molar-refractivity contribution in [2.24, 2.45) is 7.05 Å². The zero-order valence-corrected chi connectivity index (χ0v) is 15.6. The maximum absolute atomic E-state index is 13.7. The lowest BCUT2D eigenvalue weighted by Gasteiger charge is -2.17. The zero-order chi connectivity index (χ0) is 20.4. The van der Waals surface area contributed by atoms with Crippen molar-refractivity contribution in [2.75, 3.05) is 13.7 Å². The van der Waals surface area contributed by atoms with Gasteiger partial charge in [-0.25, -0.2) is 14.2 Å². The van der Waals surface area contributed by atoms with Crippen LogP contribution in [-0.4, -0.2) is 40.0 Å². The molecule has 0 aliphatic carbocycles. The Labute approximate surface area is 159 Å². The quantitative estimate of drug-likeness (QED) is 0.620. The normalized spacial score (nSPS) is 10.9. The van der Waals surface area contributed by atoms with Crippen LogP contribution in [0.4, 0.5) is 4.39 Å². The van der Waals surface area contributed by atoms with Gasteiger partial charge in [-0.2, -0.15) is 0 Å². The van der Waals surface area contributed by atoms with Gasteiger partial charge in [-0.05, 0) is 13.0 Å². The van der Waals surface area contributed by atoms with E-state index in [0.717, 1.165) is 0 Å². The summed E-state index contributed by atoms with van der Waals surface area (Å²) in [5.41, 5.74) is -0.156. The molecule has 0 saturated carbocycles. The Morgan fingerprint density at radius 3 is 2.75 bits per heavy atom. The van der Waals surface area contributed by atoms with Crippen LogP contribution in [0.3, 0.4) is 0 Å². The number of hydrogen-bond acceptors (Lipinski definition) is 6. The van der Waals surface area contributed by atoms with Crippen LogP contribution >= 0.6 is 0 Å². The number of nitrogens with zero attached hydrogens (tertiary/aromatic N) is 3. The summed E-state index contributed by atoms with van der Waals surface area (Å²) < 4.78 is 25.3. The van der Waals surface area contributed by atoms with Gasteiger partial charge in [0.15, 0.2) is 6.61 Å². The van der Waals surface area contributed by atoms with Crippen LogP contribution in [-0.2, 0) is 23.1 Å². The van der Waals surface area contributed by atoms with Crippen LogP contribution in [0.25, 0.3) is 11.1 Å². The van der Waals surface area contributed by atoms with Crippen molar-refractivity contribution >= 4 is 23.0 Å². The zero-order valence-electron chi connectivity index (χ0n) is 15.6. The molecule has 2 heterocycles. The van der Waals surface area contributed by atoms with Gasteiger partial charge in [-0.1, -0.05) is 18.2 Å². The summed E-state index contributed by atoms with van der Waals surface area (Å²) in [6, 6.07) is 6.08. The molecule has 0 radical (unpaired) electrons. The van der Waals surface area contributed by atoms with E-state index in [-0.39, 0.29) is 29.0 Å². The fourth-order valence-electron chi connectivity index (χ4n) is 2.71. The number of fused-ring (bicyclic) bond motifs is 1. The number of hydrogen-bond donors (Lipinski definition) is 0. The van der Waals surface area contributed by atoms with E-state index in [1.54, 1.807) is 18.2 Å². The van der Waals surface area contributed by atoms with Gasteiger partial charge in [0.05, 0.1) is 0 Å². The number of carbonyl (C=O) groups excluding carboxylic acids is 2. The van der Waals surface area contributed by atoms with Crippen LogP contribution in [0.5, 0.6) is 0 Å². The minimum atomic E-state index is -0.867. The first kappa shape index (κ1) is 19.3. The number of furan rings is 1. The molecule has 3 aromatic rings. The molecule has 2 aromatic heterocycles. The largest absolute Gasteiger partial charge is 0.452 e. The number of carbonyl (C=O) groups is 2. The number of esters is 1. The van der Waals surface area contributed by atoms with Gasteiger partial charge in [-0.3, -0.25) is 9.59 Å². The Morgan fingerprint density at radius 1 is 1.32 bits per heavy atom. The van der Waals surface area contributed by atoms with Crippen molar-refractivity contribution in [1.82, 2.24) is 14.5 Å². The number of aromatic nitrogens is 2. The second-order valence-electron chi connectivity index (χ2n) is 6.29. The molecule has 9 heteroatoms. The smallest absolute Gasteiger partial charge is 0.343 e. The van der Waals surface area contributed by atoms with Gasteiger partial charge < -0.3 is 18.6 Å². The molecule has 8 nitrogen and oxygen atoms in total. The van der Waals surface area contributed by atoms with E-state index < -0.39 is 29.9 Å². The summed E-state index contributed by atoms with van der Waals surface area (Å²) in [6.45, 7) is 0.974. The number of likely N-dealkylation sites (N-methyl/N-ethyl adjacent to an activating group) is 1. The lowest BCUT2D eigenvalue weighted by atomic mass is 10.2. The molecule has 1 amide bonds. The van der Waals surface area contributed by atoms with Crippen molar-refractivity contribution in [3.8, 4) is 0 Å². The maximum Gasteiger partial charge on any atom is 0.343 e. The van der Waals surface area contributed by atoms with Gasteiger partial charge >= 0.3 is 5.97 Å². The van der Waals surface area contributed by atoms with Crippen molar-refractivity contribution in [2.45, 2.75) is 13.5 Å². The third-order valence-electron chi connectivity index (χ3n) is 4.27. The Hall–Kier alpha value is -3.49. The molecule has 146 valence electrons. The van der Waals surface area contributed by atoms with Crippen molar-refractivity contribution < 1.29 is 23.1 Å². The van der Waals surface area contributed by atoms with E-state index in [9.17, 15) is 18.8 Å². The molecule has 28 heavy (non-hydrogen) atoms. The predicted octanol–water partition coefficient (Wildman–Crippen LogP) is 1.79. The summed E-state index contributed by atoms with van der Waals surface area (Å²) in [6.07, 6.45) is 1.28. The molecule has 0 N–H and O–H groups in total. The van der Waals surface area contributed by atoms with Crippen molar-refractivity contribution in [1.29, 1.82) is 0 Å². The van der Waals surface area contributed by atoms with Gasteiger partial charge in [0.2, 0.25) is 5.71 Å². The number of halogens is 1. The molecule has 0 fully saturated rings. The summed E-state index contributed by atoms with van der Waals surface area (Å²) in [7, 11) is 2.97. The fourth-order valence-corrected chi connectivity index (χ4v) is 2.71. The Bertz CT molecular complexity index is 1120. The lowest BCUT2D eigenvalue weighted by Crippen LogP contribution is -2.31. The van der Waals surface area contributed by atoms with Crippen molar-refractivity contribution in [3.63, 3.8) is 0 Å². The molecule has 0 aliphatic rings. The fraction of sp³-hybridized carbons (Fsp3) is 0.263. The second-order valence-corrected chi connectivity index (χ2v) is 6.29. The molecular formula is C19H18FN3O5. The van der Waals surface area contributed by atoms with Gasteiger partial charge in [-0.15, -0.1) is 0 Å². The van der Waals surface area contributed by atoms with E-state index >= 15 is 0 Å². The topological polar surface area (TPSA) is 94.6 Å². The molecule has 0 saturated heterocycles. The highest BCUT2D eigenvalue weighted by Crippen LogP contribution is 2.21. The first-order valence-electron chi connectivity index (χ1n) is 8.38. The van der Waals surface area contributed by atoms with Crippen LogP contribution in [0.1, 0.15) is 21.7 Å². The SMILES string of the molecule is Cc1oc2ncn(C)c(=O)c2c1C(=O)OCC(=O)N(C)Cc1ccccc1F. The van der Waals surface area contributed by atoms with E-state index in [2.05, 4.69) is 4.98 Å². The van der Waals surface area contributed by atoms with Crippen LogP contribution in [0, 0.1) is 12.7 Å². The second kappa shape index (κ2) is 7.63. The molecule has 0 spiro atoms. The van der Waals surface area contributed by atoms with Crippen LogP contribution < -0.4 is 5.56 Å². The average molecular weight is 387 g/mol. The molecule has 0 aliphatic heterocycles. The minimum Gasteiger partial charge on any atom is -0.452 e. The summed E-state index contributed by atoms with van der Waals surface area (Å²) in [5.74, 6) is -1.65. The monoisotopic (exact) mass is 387 g/mol. The maximum atomic E-state index is 13.7. The van der Waals surface area contributed by atoms with E-state index in [4.69, 9.17) is 9.15 Å². The number of benzene rings is 1. The standard InChI is InChI=1S/C19H18FN3O5/c1-11-15(16-17(28-11)21-10-23(3)18(16)25)19(26)27-9-14(24)22(2)8-12-6-4-5-7-13(12)20/h4-7,10H,8-9H2,1-3H3. The minimum absolute atomic E-state index is 0.000315. The van der Waals surface area contributed by atoms with Crippen molar-refractivity contribution in [3.05, 3.63) is 63.7 Å². The molecular weight excluding hydrogens is 369 g/mol. The van der Waals surface area contributed by atoms with Gasteiger partial charge in [0, 0.05) is 26.2 Å². The third-order valence-corrected chi connectivity index (χ3v) is 4.27. The first-order chi connectivity index (χ1) is 13.3. The predicted molar refractivity (Wildman–Crippen MR) is 97.1 cm³/mol. The molecule has 3 rings (SSSR count). The number of amides is 1. The Morgan fingerprint density at radius 2 is 2.04 bits per heavy atom. The highest BCUT2D eigenvalue weighted by Gasteiger charge is 2.24. The van der Waals surface area contributed by atoms with E-state index in [1.165, 1.54) is 42.9 Å². The highest BCUT2D eigenvalue weighted by molar-refractivity contribution is 6.03. The first-order valence-corrected chi connectivity index (χ1v) is 8.38. The van der Waals surface area contributed by atoms with Crippen LogP contribution in [0.15, 0.2) is 39.8 Å². The Balaban J connectivity index is 1.72. The van der Waals surface area contributed by atoms with E-state index in [0.29, 0.717) is 5.56 Å².